The fourth-order valence-electron chi connectivity index (χ4n) is 2.17. The number of unbranched alkanes of at least 4 members (excludes halogenated alkanes) is 1. The van der Waals surface area contributed by atoms with Crippen LogP contribution in [0.5, 0.6) is 11.5 Å². The summed E-state index contributed by atoms with van der Waals surface area (Å²) >= 11 is 0. The van der Waals surface area contributed by atoms with Gasteiger partial charge in [-0.1, -0.05) is 31.5 Å². The van der Waals surface area contributed by atoms with Gasteiger partial charge in [-0.3, -0.25) is 0 Å². The normalized spacial score (nSPS) is 10.7. The Kier molecular flexibility index (Phi) is 3.52. The summed E-state index contributed by atoms with van der Waals surface area (Å²) in [6.07, 6.45) is 3.38. The average molecular weight is 230 g/mol. The van der Waals surface area contributed by atoms with Crippen LogP contribution in [-0.2, 0) is 6.42 Å². The van der Waals surface area contributed by atoms with Crippen molar-refractivity contribution in [2.24, 2.45) is 0 Å². The van der Waals surface area contributed by atoms with Gasteiger partial charge in [0.05, 0.1) is 12.5 Å². The van der Waals surface area contributed by atoms with Crippen LogP contribution in [0.15, 0.2) is 30.3 Å². The van der Waals surface area contributed by atoms with Crippen LogP contribution in [0, 0.1) is 0 Å². The fraction of sp³-hybridized carbons (Fsp3) is 0.333. The molecule has 0 radical (unpaired) electrons. The Balaban J connectivity index is 2.61. The molecule has 17 heavy (non-hydrogen) atoms. The van der Waals surface area contributed by atoms with Gasteiger partial charge in [-0.2, -0.15) is 0 Å². The van der Waals surface area contributed by atoms with E-state index in [1.807, 2.05) is 18.2 Å². The number of ether oxygens (including phenoxy) is 1. The van der Waals surface area contributed by atoms with E-state index in [0.29, 0.717) is 0 Å². The van der Waals surface area contributed by atoms with Crippen LogP contribution in [-0.4, -0.2) is 12.2 Å². The Hall–Kier alpha value is -1.70. The second kappa shape index (κ2) is 5.09. The zero-order chi connectivity index (χ0) is 12.3. The van der Waals surface area contributed by atoms with Gasteiger partial charge < -0.3 is 9.84 Å². The van der Waals surface area contributed by atoms with Gasteiger partial charge in [0.15, 0.2) is 0 Å². The van der Waals surface area contributed by atoms with Gasteiger partial charge in [0.1, 0.15) is 11.5 Å². The summed E-state index contributed by atoms with van der Waals surface area (Å²) in [6, 6.07) is 9.66. The van der Waals surface area contributed by atoms with E-state index in [2.05, 4.69) is 13.0 Å². The molecule has 90 valence electrons. The Morgan fingerprint density at radius 3 is 2.71 bits per heavy atom. The highest BCUT2D eigenvalue weighted by atomic mass is 16.5. The predicted molar refractivity (Wildman–Crippen MR) is 70.8 cm³/mol. The molecule has 2 heteroatoms. The lowest BCUT2D eigenvalue weighted by Crippen LogP contribution is -1.91. The van der Waals surface area contributed by atoms with Gasteiger partial charge in [-0.25, -0.2) is 0 Å². The maximum absolute atomic E-state index is 9.95. The number of phenols is 1. The molecule has 2 aromatic carbocycles. The molecule has 0 saturated heterocycles. The number of hydrogen-bond acceptors (Lipinski definition) is 2. The third kappa shape index (κ3) is 2.21. The molecular weight excluding hydrogens is 212 g/mol. The first-order valence-corrected chi connectivity index (χ1v) is 6.05. The van der Waals surface area contributed by atoms with Crippen molar-refractivity contribution in [2.75, 3.05) is 7.11 Å². The Morgan fingerprint density at radius 2 is 2.00 bits per heavy atom. The molecule has 0 atom stereocenters. The molecule has 0 bridgehead atoms. The van der Waals surface area contributed by atoms with Gasteiger partial charge in [-0.05, 0) is 35.9 Å². The largest absolute Gasteiger partial charge is 0.507 e. The van der Waals surface area contributed by atoms with Crippen LogP contribution in [0.3, 0.4) is 0 Å². The summed E-state index contributed by atoms with van der Waals surface area (Å²) < 4.78 is 5.31. The SMILES string of the molecule is CCCCc1ccc(OC)c2c(O)cccc12. The van der Waals surface area contributed by atoms with Crippen molar-refractivity contribution in [2.45, 2.75) is 26.2 Å². The van der Waals surface area contributed by atoms with E-state index < -0.39 is 0 Å². The zero-order valence-electron chi connectivity index (χ0n) is 10.4. The molecule has 0 amide bonds. The molecule has 0 aliphatic rings. The maximum Gasteiger partial charge on any atom is 0.130 e. The van der Waals surface area contributed by atoms with Gasteiger partial charge in [-0.15, -0.1) is 0 Å². The average Bonchev–Trinajstić information content (AvgIpc) is 2.36. The van der Waals surface area contributed by atoms with Gasteiger partial charge in [0.2, 0.25) is 0 Å². The van der Waals surface area contributed by atoms with Gasteiger partial charge in [0, 0.05) is 0 Å². The van der Waals surface area contributed by atoms with E-state index in [9.17, 15) is 5.11 Å². The molecular formula is C15H18O2. The van der Waals surface area contributed by atoms with Crippen molar-refractivity contribution in [3.63, 3.8) is 0 Å². The lowest BCUT2D eigenvalue weighted by molar-refractivity contribution is 0.416. The quantitative estimate of drug-likeness (QED) is 0.863. The van der Waals surface area contributed by atoms with E-state index in [0.717, 1.165) is 29.4 Å². The highest BCUT2D eigenvalue weighted by molar-refractivity contribution is 5.95. The van der Waals surface area contributed by atoms with E-state index in [1.165, 1.54) is 12.0 Å². The topological polar surface area (TPSA) is 29.5 Å². The van der Waals surface area contributed by atoms with Crippen molar-refractivity contribution in [1.82, 2.24) is 0 Å². The number of methoxy groups -OCH3 is 1. The molecule has 0 fully saturated rings. The third-order valence-electron chi connectivity index (χ3n) is 3.09. The minimum Gasteiger partial charge on any atom is -0.507 e. The van der Waals surface area contributed by atoms with Crippen LogP contribution < -0.4 is 4.74 Å². The van der Waals surface area contributed by atoms with Crippen LogP contribution in [0.4, 0.5) is 0 Å². The molecule has 0 aliphatic heterocycles. The minimum absolute atomic E-state index is 0.290. The number of benzene rings is 2. The number of rotatable bonds is 4. The first kappa shape index (κ1) is 11.8. The summed E-state index contributed by atoms with van der Waals surface area (Å²) in [4.78, 5) is 0. The van der Waals surface area contributed by atoms with Crippen LogP contribution in [0.2, 0.25) is 0 Å². The first-order chi connectivity index (χ1) is 8.27. The molecule has 2 aromatic rings. The second-order valence-corrected chi connectivity index (χ2v) is 4.23. The molecule has 0 heterocycles. The number of phenolic OH excluding ortho intramolecular Hbond substituents is 1. The number of aryl methyl sites for hydroxylation is 1. The van der Waals surface area contributed by atoms with Crippen molar-refractivity contribution >= 4 is 10.8 Å². The van der Waals surface area contributed by atoms with Gasteiger partial charge >= 0.3 is 0 Å². The lowest BCUT2D eigenvalue weighted by atomic mass is 9.99. The first-order valence-electron chi connectivity index (χ1n) is 6.05. The van der Waals surface area contributed by atoms with Crippen molar-refractivity contribution in [3.8, 4) is 11.5 Å². The molecule has 0 spiro atoms. The van der Waals surface area contributed by atoms with Crippen LogP contribution in [0.1, 0.15) is 25.3 Å². The number of hydrogen-bond donors (Lipinski definition) is 1. The van der Waals surface area contributed by atoms with Crippen LogP contribution >= 0.6 is 0 Å². The standard InChI is InChI=1S/C15H18O2/c1-3-4-6-11-9-10-14(17-2)15-12(11)7-5-8-13(15)16/h5,7-10,16H,3-4,6H2,1-2H3. The van der Waals surface area contributed by atoms with Crippen molar-refractivity contribution < 1.29 is 9.84 Å². The van der Waals surface area contributed by atoms with Crippen LogP contribution in [0.25, 0.3) is 10.8 Å². The zero-order valence-corrected chi connectivity index (χ0v) is 10.4. The summed E-state index contributed by atoms with van der Waals surface area (Å²) in [5.74, 6) is 1.02. The lowest BCUT2D eigenvalue weighted by Gasteiger charge is -2.11. The van der Waals surface area contributed by atoms with Crippen molar-refractivity contribution in [1.29, 1.82) is 0 Å². The molecule has 0 aromatic heterocycles. The summed E-state index contributed by atoms with van der Waals surface area (Å²) in [5.41, 5.74) is 1.28. The highest BCUT2D eigenvalue weighted by Crippen LogP contribution is 2.35. The van der Waals surface area contributed by atoms with E-state index in [1.54, 1.807) is 13.2 Å². The Labute approximate surface area is 102 Å². The number of aromatic hydroxyl groups is 1. The molecule has 1 N–H and O–H groups in total. The predicted octanol–water partition coefficient (Wildman–Crippen LogP) is 3.90. The molecule has 2 nitrogen and oxygen atoms in total. The van der Waals surface area contributed by atoms with Gasteiger partial charge in [0.25, 0.3) is 0 Å². The molecule has 0 unspecified atom stereocenters. The molecule has 2 rings (SSSR count). The Morgan fingerprint density at radius 1 is 1.18 bits per heavy atom. The molecule has 0 saturated carbocycles. The summed E-state index contributed by atoms with van der Waals surface area (Å²) in [7, 11) is 1.63. The maximum atomic E-state index is 9.95. The smallest absolute Gasteiger partial charge is 0.130 e. The fourth-order valence-corrected chi connectivity index (χ4v) is 2.17. The highest BCUT2D eigenvalue weighted by Gasteiger charge is 2.09. The summed E-state index contributed by atoms with van der Waals surface area (Å²) in [5, 5.41) is 11.9. The second-order valence-electron chi connectivity index (χ2n) is 4.23. The monoisotopic (exact) mass is 230 g/mol. The van der Waals surface area contributed by atoms with E-state index in [-0.39, 0.29) is 5.75 Å². The Bertz CT molecular complexity index is 518. The third-order valence-corrected chi connectivity index (χ3v) is 3.09. The molecule has 0 aliphatic carbocycles. The van der Waals surface area contributed by atoms with E-state index >= 15 is 0 Å². The minimum atomic E-state index is 0.290. The number of fused-ring (bicyclic) bond motifs is 1. The van der Waals surface area contributed by atoms with E-state index in [4.69, 9.17) is 4.74 Å². The summed E-state index contributed by atoms with van der Waals surface area (Å²) in [6.45, 7) is 2.18. The van der Waals surface area contributed by atoms with Crippen molar-refractivity contribution in [3.05, 3.63) is 35.9 Å².